The van der Waals surface area contributed by atoms with Crippen molar-refractivity contribution >= 4 is 9.76 Å². The monoisotopic (exact) mass is 156 g/mol. The van der Waals surface area contributed by atoms with Crippen molar-refractivity contribution in [1.82, 2.24) is 0 Å². The zero-order chi connectivity index (χ0) is 7.66. The number of hydrogen-bond acceptors (Lipinski definition) is 1. The van der Waals surface area contributed by atoms with Crippen LogP contribution in [0, 0.1) is 0 Å². The zero-order valence-corrected chi connectivity index (χ0v) is 7.89. The molecule has 0 atom stereocenters. The van der Waals surface area contributed by atoms with Gasteiger partial charge in [-0.05, 0) is 12.5 Å². The molecule has 0 bridgehead atoms. The predicted molar refractivity (Wildman–Crippen MR) is 46.2 cm³/mol. The summed E-state index contributed by atoms with van der Waals surface area (Å²) < 4.78 is 5.32. The molecule has 0 heterocycles. The van der Waals surface area contributed by atoms with E-state index in [1.54, 1.807) is 0 Å². The van der Waals surface area contributed by atoms with Crippen LogP contribution in [0.5, 0.6) is 0 Å². The molecule has 0 N–H and O–H groups in total. The minimum atomic E-state index is 0.692. The lowest BCUT2D eigenvalue weighted by atomic mass is 10.4. The Hall–Kier alpha value is -0.0831. The number of hydrogen-bond donors (Lipinski definition) is 0. The molecule has 10 heavy (non-hydrogen) atoms. The van der Waals surface area contributed by atoms with E-state index < -0.39 is 0 Å². The average molecular weight is 156 g/mol. The highest BCUT2D eigenvalue weighted by Crippen LogP contribution is 1.87. The third kappa shape index (κ3) is 7.92. The molecule has 0 unspecified atom stereocenters. The minimum Gasteiger partial charge on any atom is -0.414 e. The summed E-state index contributed by atoms with van der Waals surface area (Å²) in [4.78, 5) is 0. The first-order valence-corrected chi connectivity index (χ1v) is 5.03. The molecule has 0 saturated carbocycles. The summed E-state index contributed by atoms with van der Waals surface area (Å²) in [5.41, 5.74) is 0. The quantitative estimate of drug-likeness (QED) is 0.326. The molecular formula is C8H16OSi. The summed E-state index contributed by atoms with van der Waals surface area (Å²) in [7, 11) is 0.692. The van der Waals surface area contributed by atoms with Crippen LogP contribution >= 0.6 is 0 Å². The lowest BCUT2D eigenvalue weighted by molar-refractivity contribution is 0.384. The Morgan fingerprint density at radius 1 is 1.30 bits per heavy atom. The fourth-order valence-corrected chi connectivity index (χ4v) is 1.08. The molecule has 0 aromatic heterocycles. The molecule has 0 aliphatic heterocycles. The lowest BCUT2D eigenvalue weighted by Crippen LogP contribution is -1.96. The van der Waals surface area contributed by atoms with E-state index in [2.05, 4.69) is 26.0 Å². The maximum atomic E-state index is 5.32. The summed E-state index contributed by atoms with van der Waals surface area (Å²) in [6.07, 6.45) is 6.56. The van der Waals surface area contributed by atoms with Gasteiger partial charge in [-0.2, -0.15) is 0 Å². The number of allylic oxidation sites excluding steroid dienone is 1. The van der Waals surface area contributed by atoms with Crippen molar-refractivity contribution in [3.63, 3.8) is 0 Å². The van der Waals surface area contributed by atoms with Gasteiger partial charge in [-0.25, -0.2) is 0 Å². The third-order valence-electron chi connectivity index (χ3n) is 1.04. The Morgan fingerprint density at radius 2 is 2.10 bits per heavy atom. The summed E-state index contributed by atoms with van der Waals surface area (Å²) in [5.74, 6) is 0. The molecule has 0 aromatic carbocycles. The van der Waals surface area contributed by atoms with E-state index in [0.29, 0.717) is 9.76 Å². The van der Waals surface area contributed by atoms with Crippen molar-refractivity contribution in [2.24, 2.45) is 0 Å². The van der Waals surface area contributed by atoms with Gasteiger partial charge in [0.05, 0.1) is 6.61 Å². The van der Waals surface area contributed by atoms with Gasteiger partial charge in [-0.3, -0.25) is 0 Å². The smallest absolute Gasteiger partial charge is 0.230 e. The molecule has 2 radical (unpaired) electrons. The van der Waals surface area contributed by atoms with Crippen LogP contribution in [0.2, 0.25) is 6.04 Å². The molecular weight excluding hydrogens is 140 g/mol. The highest BCUT2D eigenvalue weighted by atomic mass is 28.2. The maximum Gasteiger partial charge on any atom is 0.230 e. The van der Waals surface area contributed by atoms with Crippen LogP contribution in [0.4, 0.5) is 0 Å². The van der Waals surface area contributed by atoms with E-state index in [1.165, 1.54) is 12.5 Å². The van der Waals surface area contributed by atoms with E-state index in [1.807, 2.05) is 0 Å². The molecule has 1 nitrogen and oxygen atoms in total. The Morgan fingerprint density at radius 3 is 2.70 bits per heavy atom. The van der Waals surface area contributed by atoms with Gasteiger partial charge in [-0.1, -0.05) is 32.4 Å². The van der Waals surface area contributed by atoms with E-state index in [4.69, 9.17) is 4.43 Å². The first-order valence-electron chi connectivity index (χ1n) is 3.91. The van der Waals surface area contributed by atoms with Crippen LogP contribution < -0.4 is 0 Å². The topological polar surface area (TPSA) is 9.23 Å². The van der Waals surface area contributed by atoms with Crippen LogP contribution in [-0.2, 0) is 4.43 Å². The van der Waals surface area contributed by atoms with E-state index in [9.17, 15) is 0 Å². The Labute approximate surface area is 66.4 Å². The first kappa shape index (κ1) is 9.92. The van der Waals surface area contributed by atoms with Gasteiger partial charge in [0.15, 0.2) is 0 Å². The maximum absolute atomic E-state index is 5.32. The minimum absolute atomic E-state index is 0.692. The molecule has 0 spiro atoms. The Bertz CT molecular complexity index is 81.3. The van der Waals surface area contributed by atoms with Gasteiger partial charge in [0.2, 0.25) is 9.76 Å². The van der Waals surface area contributed by atoms with Crippen LogP contribution in [0.3, 0.4) is 0 Å². The molecule has 0 fully saturated rings. The zero-order valence-electron chi connectivity index (χ0n) is 6.89. The van der Waals surface area contributed by atoms with Gasteiger partial charge < -0.3 is 4.43 Å². The van der Waals surface area contributed by atoms with Crippen LogP contribution in [0.25, 0.3) is 0 Å². The molecule has 0 aliphatic rings. The van der Waals surface area contributed by atoms with Gasteiger partial charge >= 0.3 is 0 Å². The average Bonchev–Trinajstić information content (AvgIpc) is 1.97. The van der Waals surface area contributed by atoms with Crippen molar-refractivity contribution in [2.45, 2.75) is 32.7 Å². The van der Waals surface area contributed by atoms with Crippen molar-refractivity contribution < 1.29 is 4.43 Å². The fourth-order valence-electron chi connectivity index (χ4n) is 0.516. The van der Waals surface area contributed by atoms with Crippen molar-refractivity contribution in [3.05, 3.63) is 12.2 Å². The molecule has 0 amide bonds. The molecule has 2 heteroatoms. The summed E-state index contributed by atoms with van der Waals surface area (Å²) in [6, 6.07) is 1.21. The van der Waals surface area contributed by atoms with E-state index >= 15 is 0 Å². The number of rotatable bonds is 6. The molecule has 0 aliphatic carbocycles. The molecule has 0 rings (SSSR count). The van der Waals surface area contributed by atoms with Gasteiger partial charge in [0.1, 0.15) is 0 Å². The highest BCUT2D eigenvalue weighted by Gasteiger charge is 1.84. The molecule has 0 aromatic rings. The second kappa shape index (κ2) is 8.92. The van der Waals surface area contributed by atoms with Crippen molar-refractivity contribution in [2.75, 3.05) is 6.61 Å². The third-order valence-corrected chi connectivity index (χ3v) is 2.11. The molecule has 0 saturated heterocycles. The van der Waals surface area contributed by atoms with Crippen LogP contribution in [0.1, 0.15) is 26.7 Å². The van der Waals surface area contributed by atoms with Gasteiger partial charge in [0.25, 0.3) is 0 Å². The van der Waals surface area contributed by atoms with Crippen molar-refractivity contribution in [3.8, 4) is 0 Å². The predicted octanol–water partition coefficient (Wildman–Crippen LogP) is 2.42. The first-order chi connectivity index (χ1) is 4.91. The highest BCUT2D eigenvalue weighted by molar-refractivity contribution is 6.26. The Balaban J connectivity index is 2.83. The van der Waals surface area contributed by atoms with E-state index in [0.717, 1.165) is 13.0 Å². The Kier molecular flexibility index (Phi) is 8.84. The second-order valence-electron chi connectivity index (χ2n) is 2.08. The second-order valence-corrected chi connectivity index (χ2v) is 3.16. The normalized spacial score (nSPS) is 11.0. The van der Waals surface area contributed by atoms with Gasteiger partial charge in [-0.15, -0.1) is 0 Å². The van der Waals surface area contributed by atoms with Crippen LogP contribution in [0.15, 0.2) is 12.2 Å². The molecule has 58 valence electrons. The summed E-state index contributed by atoms with van der Waals surface area (Å²) in [5, 5.41) is 0. The van der Waals surface area contributed by atoms with Crippen molar-refractivity contribution in [1.29, 1.82) is 0 Å². The van der Waals surface area contributed by atoms with Crippen LogP contribution in [-0.4, -0.2) is 16.4 Å². The summed E-state index contributed by atoms with van der Waals surface area (Å²) >= 11 is 0. The van der Waals surface area contributed by atoms with E-state index in [-0.39, 0.29) is 0 Å². The largest absolute Gasteiger partial charge is 0.414 e. The lowest BCUT2D eigenvalue weighted by Gasteiger charge is -1.94. The fraction of sp³-hybridized carbons (Fsp3) is 0.750. The SMILES string of the molecule is CCC=CCO[Si]CCC. The van der Waals surface area contributed by atoms with Gasteiger partial charge in [0, 0.05) is 0 Å². The standard InChI is InChI=1S/C8H16OSi/c1-3-5-6-7-9-10-8-4-2/h5-6H,3-4,7-8H2,1-2H3. The summed E-state index contributed by atoms with van der Waals surface area (Å²) in [6.45, 7) is 5.11.